The molecule has 0 aromatic carbocycles. The van der Waals surface area contributed by atoms with Gasteiger partial charge in [0.1, 0.15) is 6.10 Å². The second-order valence-corrected chi connectivity index (χ2v) is 5.44. The molecule has 0 aliphatic heterocycles. The molecule has 1 fully saturated rings. The third-order valence-corrected chi connectivity index (χ3v) is 3.38. The van der Waals surface area contributed by atoms with E-state index in [1.54, 1.807) is 13.8 Å². The minimum Gasteiger partial charge on any atom is -0.481 e. The minimum absolute atomic E-state index is 0.0594. The number of hydrogen-bond donors (Lipinski definition) is 1. The molecule has 0 radical (unpaired) electrons. The fourth-order valence-corrected chi connectivity index (χ4v) is 1.95. The highest BCUT2D eigenvalue weighted by molar-refractivity contribution is 5.75. The Balaban J connectivity index is 2.27. The molecule has 0 aromatic heterocycles. The number of carbonyl (C=O) groups excluding carboxylic acids is 1. The first kappa shape index (κ1) is 14.0. The molecule has 1 rings (SSSR count). The van der Waals surface area contributed by atoms with Crippen LogP contribution in [0, 0.1) is 5.41 Å². The Kier molecular flexibility index (Phi) is 4.97. The molecule has 1 saturated carbocycles. The molecule has 1 aliphatic rings. The molecule has 17 heavy (non-hydrogen) atoms. The van der Waals surface area contributed by atoms with Crippen molar-refractivity contribution in [3.8, 4) is 0 Å². The van der Waals surface area contributed by atoms with E-state index in [0.717, 1.165) is 25.7 Å². The lowest BCUT2D eigenvalue weighted by atomic mass is 9.88. The number of rotatable bonds is 5. The van der Waals surface area contributed by atoms with E-state index in [0.29, 0.717) is 6.42 Å². The highest BCUT2D eigenvalue weighted by atomic mass is 16.5. The summed E-state index contributed by atoms with van der Waals surface area (Å²) in [5.74, 6) is -1.13. The lowest BCUT2D eigenvalue weighted by molar-refractivity contribution is -0.153. The molecule has 0 heterocycles. The zero-order valence-corrected chi connectivity index (χ0v) is 10.7. The largest absolute Gasteiger partial charge is 0.481 e. The number of carboxylic acids is 1. The summed E-state index contributed by atoms with van der Waals surface area (Å²) >= 11 is 0. The predicted molar refractivity (Wildman–Crippen MR) is 63.6 cm³/mol. The highest BCUT2D eigenvalue weighted by Crippen LogP contribution is 2.24. The van der Waals surface area contributed by atoms with Gasteiger partial charge in [-0.1, -0.05) is 6.42 Å². The van der Waals surface area contributed by atoms with Gasteiger partial charge in [0.25, 0.3) is 0 Å². The normalized spacial score (nSPS) is 17.8. The number of hydrogen-bond acceptors (Lipinski definition) is 3. The number of ether oxygens (including phenoxy) is 1. The van der Waals surface area contributed by atoms with Crippen molar-refractivity contribution in [1.29, 1.82) is 0 Å². The number of esters is 1. The Hall–Kier alpha value is -1.06. The van der Waals surface area contributed by atoms with Crippen LogP contribution in [0.4, 0.5) is 0 Å². The summed E-state index contributed by atoms with van der Waals surface area (Å²) in [5.41, 5.74) is -0.856. The average Bonchev–Trinajstić information content (AvgIpc) is 2.28. The van der Waals surface area contributed by atoms with Crippen LogP contribution in [-0.4, -0.2) is 23.1 Å². The van der Waals surface area contributed by atoms with Crippen molar-refractivity contribution in [2.24, 2.45) is 5.41 Å². The van der Waals surface area contributed by atoms with Gasteiger partial charge >= 0.3 is 11.9 Å². The Morgan fingerprint density at radius 2 is 1.82 bits per heavy atom. The Labute approximate surface area is 102 Å². The Bertz CT molecular complexity index is 277. The summed E-state index contributed by atoms with van der Waals surface area (Å²) in [6.07, 6.45) is 5.95. The van der Waals surface area contributed by atoms with Crippen LogP contribution in [0.1, 0.15) is 58.8 Å². The molecule has 0 bridgehead atoms. The van der Waals surface area contributed by atoms with Gasteiger partial charge in [-0.25, -0.2) is 0 Å². The van der Waals surface area contributed by atoms with Crippen molar-refractivity contribution in [3.63, 3.8) is 0 Å². The lowest BCUT2D eigenvalue weighted by Crippen LogP contribution is -2.26. The van der Waals surface area contributed by atoms with E-state index in [2.05, 4.69) is 0 Å². The fraction of sp³-hybridized carbons (Fsp3) is 0.846. The van der Waals surface area contributed by atoms with Crippen LogP contribution < -0.4 is 0 Å². The van der Waals surface area contributed by atoms with Gasteiger partial charge in [0.05, 0.1) is 5.41 Å². The smallest absolute Gasteiger partial charge is 0.309 e. The third-order valence-electron chi connectivity index (χ3n) is 3.38. The van der Waals surface area contributed by atoms with Crippen molar-refractivity contribution >= 4 is 11.9 Å². The van der Waals surface area contributed by atoms with Crippen molar-refractivity contribution in [3.05, 3.63) is 0 Å². The molecule has 0 saturated heterocycles. The Morgan fingerprint density at radius 1 is 1.24 bits per heavy atom. The van der Waals surface area contributed by atoms with E-state index in [4.69, 9.17) is 9.84 Å². The summed E-state index contributed by atoms with van der Waals surface area (Å²) < 4.78 is 5.33. The maximum Gasteiger partial charge on any atom is 0.309 e. The van der Waals surface area contributed by atoms with Gasteiger partial charge in [0.2, 0.25) is 0 Å². The first-order valence-electron chi connectivity index (χ1n) is 6.35. The van der Waals surface area contributed by atoms with Crippen LogP contribution in [0.25, 0.3) is 0 Å². The van der Waals surface area contributed by atoms with Gasteiger partial charge < -0.3 is 9.84 Å². The summed E-state index contributed by atoms with van der Waals surface area (Å²) in [4.78, 5) is 22.4. The maximum absolute atomic E-state index is 11.6. The first-order chi connectivity index (χ1) is 7.92. The van der Waals surface area contributed by atoms with Crippen LogP contribution in [-0.2, 0) is 14.3 Å². The standard InChI is InChI=1S/C13H22O4/c1-13(2,12(15)16)9-8-11(14)17-10-6-4-3-5-7-10/h10H,3-9H2,1-2H3,(H,15,16). The molecule has 98 valence electrons. The van der Waals surface area contributed by atoms with Gasteiger partial charge in [0, 0.05) is 6.42 Å². The van der Waals surface area contributed by atoms with E-state index in [1.165, 1.54) is 6.42 Å². The quantitative estimate of drug-likeness (QED) is 0.753. The highest BCUT2D eigenvalue weighted by Gasteiger charge is 2.28. The van der Waals surface area contributed by atoms with Crippen molar-refractivity contribution in [2.75, 3.05) is 0 Å². The molecule has 1 N–H and O–H groups in total. The minimum atomic E-state index is -0.872. The average molecular weight is 242 g/mol. The molecule has 0 atom stereocenters. The van der Waals surface area contributed by atoms with Crippen molar-refractivity contribution in [1.82, 2.24) is 0 Å². The molecule has 4 nitrogen and oxygen atoms in total. The van der Waals surface area contributed by atoms with Gasteiger partial charge in [-0.3, -0.25) is 9.59 Å². The number of carboxylic acid groups (broad SMARTS) is 1. The zero-order chi connectivity index (χ0) is 12.9. The lowest BCUT2D eigenvalue weighted by Gasteiger charge is -2.23. The van der Waals surface area contributed by atoms with Gasteiger partial charge in [-0.2, -0.15) is 0 Å². The zero-order valence-electron chi connectivity index (χ0n) is 10.7. The van der Waals surface area contributed by atoms with Crippen LogP contribution in [0.2, 0.25) is 0 Å². The summed E-state index contributed by atoms with van der Waals surface area (Å²) in [7, 11) is 0. The first-order valence-corrected chi connectivity index (χ1v) is 6.35. The summed E-state index contributed by atoms with van der Waals surface area (Å²) in [6, 6.07) is 0. The van der Waals surface area contributed by atoms with Crippen molar-refractivity contribution in [2.45, 2.75) is 64.9 Å². The predicted octanol–water partition coefficient (Wildman–Crippen LogP) is 2.75. The number of carbonyl (C=O) groups is 2. The van der Waals surface area contributed by atoms with Gasteiger partial charge in [-0.15, -0.1) is 0 Å². The van der Waals surface area contributed by atoms with Gasteiger partial charge in [-0.05, 0) is 46.0 Å². The van der Waals surface area contributed by atoms with E-state index >= 15 is 0 Å². The van der Waals surface area contributed by atoms with E-state index in [9.17, 15) is 9.59 Å². The summed E-state index contributed by atoms with van der Waals surface area (Å²) in [5, 5.41) is 8.92. The van der Waals surface area contributed by atoms with Crippen LogP contribution in [0.15, 0.2) is 0 Å². The third kappa shape index (κ3) is 4.75. The van der Waals surface area contributed by atoms with E-state index in [1.807, 2.05) is 0 Å². The molecular formula is C13H22O4. The molecule has 0 spiro atoms. The molecule has 4 heteroatoms. The summed E-state index contributed by atoms with van der Waals surface area (Å²) in [6.45, 7) is 3.26. The Morgan fingerprint density at radius 3 is 2.35 bits per heavy atom. The van der Waals surface area contributed by atoms with Crippen LogP contribution >= 0.6 is 0 Å². The maximum atomic E-state index is 11.6. The monoisotopic (exact) mass is 242 g/mol. The van der Waals surface area contributed by atoms with Crippen molar-refractivity contribution < 1.29 is 19.4 Å². The number of aliphatic carboxylic acids is 1. The van der Waals surface area contributed by atoms with Crippen LogP contribution in [0.5, 0.6) is 0 Å². The second kappa shape index (κ2) is 6.03. The molecular weight excluding hydrogens is 220 g/mol. The molecule has 1 aliphatic carbocycles. The second-order valence-electron chi connectivity index (χ2n) is 5.44. The molecule has 0 aromatic rings. The topological polar surface area (TPSA) is 63.6 Å². The SMILES string of the molecule is CC(C)(CCC(=O)OC1CCCCC1)C(=O)O. The van der Waals surface area contributed by atoms with E-state index in [-0.39, 0.29) is 18.5 Å². The van der Waals surface area contributed by atoms with E-state index < -0.39 is 11.4 Å². The molecule has 0 unspecified atom stereocenters. The van der Waals surface area contributed by atoms with Crippen LogP contribution in [0.3, 0.4) is 0 Å². The fourth-order valence-electron chi connectivity index (χ4n) is 1.95. The molecule has 0 amide bonds. The van der Waals surface area contributed by atoms with Gasteiger partial charge in [0.15, 0.2) is 0 Å².